The second kappa shape index (κ2) is 7.69. The number of rotatable bonds is 6. The van der Waals surface area contributed by atoms with Gasteiger partial charge in [-0.25, -0.2) is 0 Å². The molecule has 1 aliphatic heterocycles. The number of furan rings is 1. The third-order valence-corrected chi connectivity index (χ3v) is 6.37. The number of carbonyl (C=O) groups is 2. The second-order valence-corrected chi connectivity index (χ2v) is 9.18. The van der Waals surface area contributed by atoms with E-state index in [1.807, 2.05) is 4.90 Å². The summed E-state index contributed by atoms with van der Waals surface area (Å²) < 4.78 is 10.6. The number of amides is 2. The zero-order valence-electron chi connectivity index (χ0n) is 17.3. The predicted octanol–water partition coefficient (Wildman–Crippen LogP) is 3.73. The fourth-order valence-corrected chi connectivity index (χ4v) is 4.30. The van der Waals surface area contributed by atoms with Crippen LogP contribution in [-0.2, 0) is 4.79 Å². The second-order valence-electron chi connectivity index (χ2n) is 9.18. The molecule has 2 amide bonds. The molecule has 4 rings (SSSR count). The Hall–Kier alpha value is -2.57. The molecule has 1 N–H and O–H groups in total. The topological polar surface area (TPSA) is 88.6 Å². The number of nitrogens with one attached hydrogen (secondary N) is 1. The van der Waals surface area contributed by atoms with Crippen LogP contribution in [0.3, 0.4) is 0 Å². The minimum Gasteiger partial charge on any atom is -0.461 e. The lowest BCUT2D eigenvalue weighted by atomic mass is 9.78. The summed E-state index contributed by atoms with van der Waals surface area (Å²) in [6, 6.07) is 3.42. The van der Waals surface area contributed by atoms with Gasteiger partial charge in [0.05, 0.1) is 12.5 Å². The van der Waals surface area contributed by atoms with Crippen LogP contribution in [0.5, 0.6) is 0 Å². The molecule has 7 heteroatoms. The monoisotopic (exact) mass is 399 g/mol. The third-order valence-electron chi connectivity index (χ3n) is 6.37. The van der Waals surface area contributed by atoms with Crippen LogP contribution in [0.4, 0.5) is 0 Å². The van der Waals surface area contributed by atoms with Gasteiger partial charge >= 0.3 is 0 Å². The molecule has 0 spiro atoms. The van der Waals surface area contributed by atoms with Crippen LogP contribution in [0.25, 0.3) is 11.5 Å². The fraction of sp³-hybridized carbons (Fsp3) is 0.591. The van der Waals surface area contributed by atoms with E-state index in [4.69, 9.17) is 8.94 Å². The molecule has 2 aliphatic rings. The molecular weight excluding hydrogens is 370 g/mol. The van der Waals surface area contributed by atoms with E-state index in [1.165, 1.54) is 25.3 Å². The van der Waals surface area contributed by atoms with Gasteiger partial charge in [-0.1, -0.05) is 25.9 Å². The predicted molar refractivity (Wildman–Crippen MR) is 107 cm³/mol. The Morgan fingerprint density at radius 2 is 2.14 bits per heavy atom. The molecule has 156 valence electrons. The van der Waals surface area contributed by atoms with Crippen molar-refractivity contribution in [3.8, 4) is 11.5 Å². The summed E-state index contributed by atoms with van der Waals surface area (Å²) in [6.45, 7) is 7.69. The summed E-state index contributed by atoms with van der Waals surface area (Å²) in [5.74, 6) is 2.00. The van der Waals surface area contributed by atoms with Crippen molar-refractivity contribution < 1.29 is 18.5 Å². The molecule has 0 bridgehead atoms. The van der Waals surface area contributed by atoms with E-state index >= 15 is 0 Å². The Bertz CT molecular complexity index is 867. The molecule has 2 fully saturated rings. The number of nitrogens with zero attached hydrogens (tertiary/aromatic N) is 2. The Labute approximate surface area is 170 Å². The fourth-order valence-electron chi connectivity index (χ4n) is 4.30. The number of piperidine rings is 1. The lowest BCUT2D eigenvalue weighted by molar-refractivity contribution is -0.135. The molecule has 0 aromatic carbocycles. The Morgan fingerprint density at radius 1 is 1.34 bits per heavy atom. The maximum atomic E-state index is 12.9. The maximum Gasteiger partial charge on any atom is 0.257 e. The summed E-state index contributed by atoms with van der Waals surface area (Å²) in [6.07, 6.45) is 6.82. The van der Waals surface area contributed by atoms with Gasteiger partial charge in [0.1, 0.15) is 5.56 Å². The van der Waals surface area contributed by atoms with Crippen LogP contribution in [0.2, 0.25) is 0 Å². The van der Waals surface area contributed by atoms with Crippen molar-refractivity contribution >= 4 is 11.8 Å². The summed E-state index contributed by atoms with van der Waals surface area (Å²) >= 11 is 0. The van der Waals surface area contributed by atoms with Crippen molar-refractivity contribution in [2.24, 2.45) is 17.3 Å². The average Bonchev–Trinajstić information content (AvgIpc) is 3.16. The highest BCUT2D eigenvalue weighted by atomic mass is 16.5. The van der Waals surface area contributed by atoms with Crippen molar-refractivity contribution in [3.63, 3.8) is 0 Å². The molecule has 1 saturated carbocycles. The summed E-state index contributed by atoms with van der Waals surface area (Å²) in [5.41, 5.74) is 0.126. The largest absolute Gasteiger partial charge is 0.461 e. The number of aromatic nitrogens is 1. The molecule has 7 nitrogen and oxygen atoms in total. The summed E-state index contributed by atoms with van der Waals surface area (Å²) in [7, 11) is 0. The Morgan fingerprint density at radius 3 is 2.79 bits per heavy atom. The van der Waals surface area contributed by atoms with Gasteiger partial charge in [-0.15, -0.1) is 0 Å². The molecule has 0 radical (unpaired) electrons. The maximum absolute atomic E-state index is 12.9. The Balaban J connectivity index is 1.38. The number of hydrogen-bond donors (Lipinski definition) is 1. The number of likely N-dealkylation sites (tertiary alicyclic amines) is 1. The van der Waals surface area contributed by atoms with Crippen molar-refractivity contribution in [2.75, 3.05) is 13.1 Å². The van der Waals surface area contributed by atoms with Crippen LogP contribution < -0.4 is 5.32 Å². The van der Waals surface area contributed by atoms with Crippen LogP contribution in [0.1, 0.15) is 56.8 Å². The molecular formula is C22H29N3O4. The molecule has 3 heterocycles. The minimum atomic E-state index is -0.238. The van der Waals surface area contributed by atoms with E-state index in [-0.39, 0.29) is 23.3 Å². The van der Waals surface area contributed by atoms with E-state index in [2.05, 4.69) is 31.2 Å². The molecule has 1 aliphatic carbocycles. The summed E-state index contributed by atoms with van der Waals surface area (Å²) in [4.78, 5) is 27.6. The van der Waals surface area contributed by atoms with Gasteiger partial charge in [-0.05, 0) is 43.2 Å². The number of carbonyl (C=O) groups excluding carboxylic acids is 2. The minimum absolute atomic E-state index is 0.0424. The lowest BCUT2D eigenvalue weighted by Gasteiger charge is -2.44. The van der Waals surface area contributed by atoms with Crippen LogP contribution >= 0.6 is 0 Å². The normalized spacial score (nSPS) is 22.3. The van der Waals surface area contributed by atoms with Gasteiger partial charge in [0, 0.05) is 31.0 Å². The zero-order valence-corrected chi connectivity index (χ0v) is 17.3. The SMILES string of the molecule is CC(CC(=O)N1CCC(NC(=O)c2cnoc2-c2ccco2)C(C)(C)C1)C1CC1. The van der Waals surface area contributed by atoms with Crippen molar-refractivity contribution in [3.05, 3.63) is 30.2 Å². The molecule has 1 saturated heterocycles. The van der Waals surface area contributed by atoms with Crippen LogP contribution in [0, 0.1) is 17.3 Å². The van der Waals surface area contributed by atoms with Crippen molar-refractivity contribution in [1.82, 2.24) is 15.4 Å². The standard InChI is InChI=1S/C22H29N3O4/c1-14(15-6-7-15)11-19(26)25-9-8-18(22(2,3)13-25)24-21(27)16-12-23-29-20(16)17-5-4-10-28-17/h4-5,10,12,14-15,18H,6-9,11,13H2,1-3H3,(H,24,27). The van der Waals surface area contributed by atoms with E-state index in [0.717, 1.165) is 12.3 Å². The van der Waals surface area contributed by atoms with Gasteiger partial charge in [0.25, 0.3) is 5.91 Å². The van der Waals surface area contributed by atoms with Crippen molar-refractivity contribution in [2.45, 2.75) is 52.5 Å². The van der Waals surface area contributed by atoms with Gasteiger partial charge in [-0.3, -0.25) is 9.59 Å². The van der Waals surface area contributed by atoms with E-state index in [0.29, 0.717) is 42.5 Å². The van der Waals surface area contributed by atoms with Gasteiger partial charge in [0.15, 0.2) is 5.76 Å². The number of hydrogen-bond acceptors (Lipinski definition) is 5. The first kappa shape index (κ1) is 19.7. The molecule has 2 unspecified atom stereocenters. The lowest BCUT2D eigenvalue weighted by Crippen LogP contribution is -2.57. The first-order valence-electron chi connectivity index (χ1n) is 10.4. The van der Waals surface area contributed by atoms with Crippen molar-refractivity contribution in [1.29, 1.82) is 0 Å². The van der Waals surface area contributed by atoms with E-state index in [9.17, 15) is 9.59 Å². The molecule has 29 heavy (non-hydrogen) atoms. The summed E-state index contributed by atoms with van der Waals surface area (Å²) in [5, 5.41) is 6.89. The molecule has 2 aromatic heterocycles. The highest BCUT2D eigenvalue weighted by Crippen LogP contribution is 2.39. The molecule has 2 aromatic rings. The van der Waals surface area contributed by atoms with Gasteiger partial charge in [-0.2, -0.15) is 0 Å². The van der Waals surface area contributed by atoms with Crippen LogP contribution in [-0.4, -0.2) is 41.0 Å². The first-order chi connectivity index (χ1) is 13.8. The average molecular weight is 399 g/mol. The first-order valence-corrected chi connectivity index (χ1v) is 10.4. The highest BCUT2D eigenvalue weighted by Gasteiger charge is 2.40. The quantitative estimate of drug-likeness (QED) is 0.800. The van der Waals surface area contributed by atoms with E-state index in [1.54, 1.807) is 12.1 Å². The van der Waals surface area contributed by atoms with Crippen LogP contribution in [0.15, 0.2) is 33.5 Å². The zero-order chi connectivity index (χ0) is 20.6. The third kappa shape index (κ3) is 4.23. The van der Waals surface area contributed by atoms with Gasteiger partial charge in [0.2, 0.25) is 11.7 Å². The Kier molecular flexibility index (Phi) is 5.23. The van der Waals surface area contributed by atoms with E-state index < -0.39 is 0 Å². The van der Waals surface area contributed by atoms with Gasteiger partial charge < -0.3 is 19.2 Å². The smallest absolute Gasteiger partial charge is 0.257 e. The molecule has 2 atom stereocenters. The highest BCUT2D eigenvalue weighted by molar-refractivity contribution is 5.99.